The molecule has 0 radical (unpaired) electrons. The van der Waals surface area contributed by atoms with E-state index in [2.05, 4.69) is 10.3 Å². The normalized spacial score (nSPS) is 10.6. The first-order valence-electron chi connectivity index (χ1n) is 6.43. The molecule has 0 aliphatic heterocycles. The molecule has 0 amide bonds. The van der Waals surface area contributed by atoms with Crippen molar-refractivity contribution in [2.24, 2.45) is 0 Å². The molecule has 0 unspecified atom stereocenters. The summed E-state index contributed by atoms with van der Waals surface area (Å²) in [5.74, 6) is 0.736. The van der Waals surface area contributed by atoms with Crippen LogP contribution in [-0.2, 0) is 0 Å². The van der Waals surface area contributed by atoms with E-state index in [-0.39, 0.29) is 0 Å². The number of halogens is 1. The Morgan fingerprint density at radius 1 is 1.14 bits per heavy atom. The molecule has 0 atom stereocenters. The third kappa shape index (κ3) is 2.58. The highest BCUT2D eigenvalue weighted by Crippen LogP contribution is 2.33. The Kier molecular flexibility index (Phi) is 3.54. The predicted octanol–water partition coefficient (Wildman–Crippen LogP) is 4.22. The van der Waals surface area contributed by atoms with Crippen molar-refractivity contribution in [3.8, 4) is 5.75 Å². The van der Waals surface area contributed by atoms with E-state index in [0.29, 0.717) is 10.7 Å². The zero-order chi connectivity index (χ0) is 14.8. The summed E-state index contributed by atoms with van der Waals surface area (Å²) < 4.78 is 5.22. The lowest BCUT2D eigenvalue weighted by Gasteiger charge is -2.13. The van der Waals surface area contributed by atoms with Gasteiger partial charge in [-0.15, -0.1) is 0 Å². The molecule has 2 aromatic carbocycles. The zero-order valence-corrected chi connectivity index (χ0v) is 12.2. The fourth-order valence-electron chi connectivity index (χ4n) is 2.18. The number of hydrogen-bond donors (Lipinski definition) is 2. The van der Waals surface area contributed by atoms with Gasteiger partial charge in [0.1, 0.15) is 5.75 Å². The van der Waals surface area contributed by atoms with Crippen molar-refractivity contribution in [2.45, 2.75) is 0 Å². The van der Waals surface area contributed by atoms with Crippen molar-refractivity contribution in [1.82, 2.24) is 4.98 Å². The van der Waals surface area contributed by atoms with E-state index in [4.69, 9.17) is 22.1 Å². The minimum Gasteiger partial charge on any atom is -0.497 e. The van der Waals surface area contributed by atoms with Gasteiger partial charge in [-0.1, -0.05) is 11.6 Å². The molecule has 4 nitrogen and oxygen atoms in total. The summed E-state index contributed by atoms with van der Waals surface area (Å²) in [7, 11) is 1.62. The minimum absolute atomic E-state index is 0.615. The van der Waals surface area contributed by atoms with Crippen molar-refractivity contribution >= 4 is 39.6 Å². The van der Waals surface area contributed by atoms with Crippen LogP contribution in [0.1, 0.15) is 0 Å². The van der Waals surface area contributed by atoms with Crippen LogP contribution in [0, 0.1) is 0 Å². The van der Waals surface area contributed by atoms with Crippen LogP contribution in [0.4, 0.5) is 17.1 Å². The van der Waals surface area contributed by atoms with Crippen LogP contribution >= 0.6 is 11.6 Å². The Bertz CT molecular complexity index is 805. The summed E-state index contributed by atoms with van der Waals surface area (Å²) in [5.41, 5.74) is 9.03. The zero-order valence-electron chi connectivity index (χ0n) is 11.4. The van der Waals surface area contributed by atoms with Crippen LogP contribution in [0.5, 0.6) is 5.75 Å². The molecule has 5 heteroatoms. The van der Waals surface area contributed by atoms with Gasteiger partial charge in [0.15, 0.2) is 0 Å². The summed E-state index contributed by atoms with van der Waals surface area (Å²) >= 11 is 6.23. The minimum atomic E-state index is 0.615. The molecule has 0 saturated heterocycles. The molecule has 1 aromatic heterocycles. The summed E-state index contributed by atoms with van der Waals surface area (Å²) in [6, 6.07) is 13.0. The number of nitrogens with two attached hydrogens (primary N) is 1. The van der Waals surface area contributed by atoms with Crippen molar-refractivity contribution < 1.29 is 4.74 Å². The molecule has 3 rings (SSSR count). The predicted molar refractivity (Wildman–Crippen MR) is 87.4 cm³/mol. The van der Waals surface area contributed by atoms with Crippen LogP contribution in [0.3, 0.4) is 0 Å². The van der Waals surface area contributed by atoms with E-state index in [1.54, 1.807) is 19.4 Å². The number of nitrogen functional groups attached to an aromatic ring is 1. The van der Waals surface area contributed by atoms with E-state index < -0.39 is 0 Å². The second kappa shape index (κ2) is 5.50. The van der Waals surface area contributed by atoms with Crippen LogP contribution in [-0.4, -0.2) is 12.1 Å². The van der Waals surface area contributed by atoms with Gasteiger partial charge in [0.2, 0.25) is 0 Å². The molecule has 0 aliphatic rings. The molecule has 0 spiro atoms. The molecule has 0 fully saturated rings. The summed E-state index contributed by atoms with van der Waals surface area (Å²) in [5, 5.41) is 4.87. The maximum atomic E-state index is 6.23. The number of hydrogen-bond acceptors (Lipinski definition) is 4. The fraction of sp³-hybridized carbons (Fsp3) is 0.0625. The number of rotatable bonds is 3. The van der Waals surface area contributed by atoms with Crippen molar-refractivity contribution in [3.05, 3.63) is 53.7 Å². The number of aromatic nitrogens is 1. The molecule has 1 heterocycles. The van der Waals surface area contributed by atoms with Gasteiger partial charge in [0.25, 0.3) is 0 Å². The summed E-state index contributed by atoms with van der Waals surface area (Å²) in [4.78, 5) is 4.32. The molecular formula is C16H14ClN3O. The number of fused-ring (bicyclic) bond motifs is 1. The van der Waals surface area contributed by atoms with E-state index in [0.717, 1.165) is 28.0 Å². The molecular weight excluding hydrogens is 286 g/mol. The van der Waals surface area contributed by atoms with Gasteiger partial charge in [0.05, 0.1) is 29.0 Å². The third-order valence-corrected chi connectivity index (χ3v) is 3.57. The molecule has 21 heavy (non-hydrogen) atoms. The van der Waals surface area contributed by atoms with E-state index in [1.165, 1.54) is 0 Å². The third-order valence-electron chi connectivity index (χ3n) is 3.24. The first-order valence-corrected chi connectivity index (χ1v) is 6.80. The maximum absolute atomic E-state index is 6.23. The molecule has 0 saturated carbocycles. The molecule has 0 aliphatic carbocycles. The highest BCUT2D eigenvalue weighted by atomic mass is 35.5. The van der Waals surface area contributed by atoms with Gasteiger partial charge in [-0.3, -0.25) is 4.98 Å². The van der Waals surface area contributed by atoms with Crippen LogP contribution in [0.2, 0.25) is 5.02 Å². The average Bonchev–Trinajstić information content (AvgIpc) is 2.52. The average molecular weight is 300 g/mol. The molecule has 106 valence electrons. The van der Waals surface area contributed by atoms with Gasteiger partial charge in [-0.25, -0.2) is 0 Å². The topological polar surface area (TPSA) is 60.2 Å². The van der Waals surface area contributed by atoms with E-state index in [9.17, 15) is 0 Å². The van der Waals surface area contributed by atoms with Crippen LogP contribution < -0.4 is 15.8 Å². The number of nitrogens with one attached hydrogen (secondary N) is 1. The number of methoxy groups -OCH3 is 1. The van der Waals surface area contributed by atoms with Gasteiger partial charge in [-0.05, 0) is 36.4 Å². The first kappa shape index (κ1) is 13.5. The lowest BCUT2D eigenvalue weighted by molar-refractivity contribution is 0.415. The highest BCUT2D eigenvalue weighted by Gasteiger charge is 2.08. The number of anilines is 3. The van der Waals surface area contributed by atoms with Crippen molar-refractivity contribution in [2.75, 3.05) is 18.2 Å². The highest BCUT2D eigenvalue weighted by molar-refractivity contribution is 6.33. The Labute approximate surface area is 127 Å². The molecule has 3 N–H and O–H groups in total. The maximum Gasteiger partial charge on any atom is 0.121 e. The van der Waals surface area contributed by atoms with E-state index >= 15 is 0 Å². The number of benzene rings is 2. The molecule has 3 aromatic rings. The number of nitrogens with zero attached hydrogens (tertiary/aromatic N) is 1. The first-order chi connectivity index (χ1) is 10.2. The standard InChI is InChI=1S/C16H14ClN3O/c1-21-10-4-5-12(17)15(9-10)20-14-7-6-13(18)16-11(14)3-2-8-19-16/h2-9,20H,18H2,1H3. The monoisotopic (exact) mass is 299 g/mol. The second-order valence-corrected chi connectivity index (χ2v) is 4.98. The smallest absolute Gasteiger partial charge is 0.121 e. The second-order valence-electron chi connectivity index (χ2n) is 4.57. The Morgan fingerprint density at radius 2 is 2.00 bits per heavy atom. The fourth-order valence-corrected chi connectivity index (χ4v) is 2.34. The van der Waals surface area contributed by atoms with Gasteiger partial charge < -0.3 is 15.8 Å². The Balaban J connectivity index is 2.08. The largest absolute Gasteiger partial charge is 0.497 e. The van der Waals surface area contributed by atoms with E-state index in [1.807, 2.05) is 36.4 Å². The SMILES string of the molecule is COc1ccc(Cl)c(Nc2ccc(N)c3ncccc23)c1. The van der Waals surface area contributed by atoms with Gasteiger partial charge in [0, 0.05) is 23.3 Å². The number of ether oxygens (including phenoxy) is 1. The molecule has 0 bridgehead atoms. The summed E-state index contributed by atoms with van der Waals surface area (Å²) in [6.45, 7) is 0. The van der Waals surface area contributed by atoms with Crippen molar-refractivity contribution in [1.29, 1.82) is 0 Å². The van der Waals surface area contributed by atoms with Crippen LogP contribution in [0.15, 0.2) is 48.7 Å². The van der Waals surface area contributed by atoms with Crippen LogP contribution in [0.25, 0.3) is 10.9 Å². The quantitative estimate of drug-likeness (QED) is 0.711. The Hall–Kier alpha value is -2.46. The van der Waals surface area contributed by atoms with Crippen molar-refractivity contribution in [3.63, 3.8) is 0 Å². The Morgan fingerprint density at radius 3 is 2.81 bits per heavy atom. The number of pyridine rings is 1. The summed E-state index contributed by atoms with van der Waals surface area (Å²) in [6.07, 6.45) is 1.72. The lowest BCUT2D eigenvalue weighted by atomic mass is 10.1. The lowest BCUT2D eigenvalue weighted by Crippen LogP contribution is -1.96. The van der Waals surface area contributed by atoms with Gasteiger partial charge in [-0.2, -0.15) is 0 Å². The van der Waals surface area contributed by atoms with Gasteiger partial charge >= 0.3 is 0 Å².